The van der Waals surface area contributed by atoms with E-state index in [0.717, 1.165) is 0 Å². The number of nitrogens with one attached hydrogen (secondary N) is 2. The van der Waals surface area contributed by atoms with Gasteiger partial charge in [0.15, 0.2) is 0 Å². The minimum absolute atomic E-state index is 0.762. The van der Waals surface area contributed by atoms with Crippen LogP contribution in [0.5, 0.6) is 0 Å². The Morgan fingerprint density at radius 2 is 1.81 bits per heavy atom. The quantitative estimate of drug-likeness (QED) is 0.670. The molecule has 0 bridgehead atoms. The Morgan fingerprint density at radius 3 is 2.19 bits per heavy atom. The van der Waals surface area contributed by atoms with E-state index in [4.69, 9.17) is 0 Å². The molecule has 0 saturated heterocycles. The molecule has 5 nitrogen and oxygen atoms in total. The van der Waals surface area contributed by atoms with Crippen molar-refractivity contribution in [2.24, 2.45) is 5.73 Å². The van der Waals surface area contributed by atoms with Crippen LogP contribution >= 0.6 is 0 Å². The predicted octanol–water partition coefficient (Wildman–Crippen LogP) is 0.500. The van der Waals surface area contributed by atoms with Crippen LogP contribution in [-0.2, 0) is 4.79 Å². The summed E-state index contributed by atoms with van der Waals surface area (Å²) in [4.78, 5) is 21.4. The largest absolute Gasteiger partial charge is 0.390 e. The first-order valence-electron chi connectivity index (χ1n) is 4.55. The number of nitrogens with two attached hydrogens (primary N) is 1. The summed E-state index contributed by atoms with van der Waals surface area (Å²) in [5, 5.41) is 4.17. The molecule has 0 aliphatic rings. The van der Waals surface area contributed by atoms with Gasteiger partial charge in [-0.2, -0.15) is 13.2 Å². The normalized spacial score (nSPS) is 15.3. The summed E-state index contributed by atoms with van der Waals surface area (Å²) < 4.78 is 35.9. The lowest BCUT2D eigenvalue weighted by atomic mass is 10.2. The van der Waals surface area contributed by atoms with Gasteiger partial charge < -0.3 is 11.1 Å². The molecule has 2 unspecified atom stereocenters. The van der Waals surface area contributed by atoms with Gasteiger partial charge in [0.1, 0.15) is 0 Å². The molecule has 0 rings (SSSR count). The molecule has 4 N–H and O–H groups in total. The van der Waals surface area contributed by atoms with Gasteiger partial charge in [0.25, 0.3) is 0 Å². The molecular formula is C8H14F3N3O2. The van der Waals surface area contributed by atoms with Gasteiger partial charge in [-0.1, -0.05) is 0 Å². The van der Waals surface area contributed by atoms with E-state index in [9.17, 15) is 22.8 Å². The van der Waals surface area contributed by atoms with Crippen molar-refractivity contribution in [1.82, 2.24) is 10.6 Å². The number of primary amides is 1. The Kier molecular flexibility index (Phi) is 5.22. The third-order valence-electron chi connectivity index (χ3n) is 1.71. The number of carbonyl (C=O) groups excluding carboxylic acids is 2. The molecule has 0 aromatic rings. The van der Waals surface area contributed by atoms with Crippen LogP contribution in [0.4, 0.5) is 18.0 Å². The fourth-order valence-electron chi connectivity index (χ4n) is 1.14. The number of imide groups is 1. The highest BCUT2D eigenvalue weighted by atomic mass is 19.4. The molecule has 0 saturated carbocycles. The number of amides is 3. The average Bonchev–Trinajstić information content (AvgIpc) is 1.98. The van der Waals surface area contributed by atoms with Crippen LogP contribution in [0.2, 0.25) is 0 Å². The Balaban J connectivity index is 4.08. The second-order valence-corrected chi connectivity index (χ2v) is 3.46. The van der Waals surface area contributed by atoms with Crippen LogP contribution < -0.4 is 16.4 Å². The zero-order valence-corrected chi connectivity index (χ0v) is 8.89. The lowest BCUT2D eigenvalue weighted by Gasteiger charge is -2.19. The summed E-state index contributed by atoms with van der Waals surface area (Å²) in [5.41, 5.74) is 4.69. The molecule has 0 radical (unpaired) electrons. The third-order valence-corrected chi connectivity index (χ3v) is 1.71. The standard InChI is InChI=1S/C8H14F3N3O2/c1-4(3-8(9,10)11)13-5(2)6(15)14-7(12)16/h4-5,13H,3H2,1-2H3,(H3,12,14,15,16). The predicted molar refractivity (Wildman–Crippen MR) is 50.5 cm³/mol. The molecule has 0 aromatic heterocycles. The van der Waals surface area contributed by atoms with Gasteiger partial charge in [0.2, 0.25) is 5.91 Å². The Labute approximate surface area is 90.6 Å². The van der Waals surface area contributed by atoms with E-state index in [2.05, 4.69) is 11.1 Å². The number of urea groups is 1. The fraction of sp³-hybridized carbons (Fsp3) is 0.750. The summed E-state index contributed by atoms with van der Waals surface area (Å²) >= 11 is 0. The third kappa shape index (κ3) is 7.04. The zero-order chi connectivity index (χ0) is 12.9. The lowest BCUT2D eigenvalue weighted by molar-refractivity contribution is -0.140. The summed E-state index contributed by atoms with van der Waals surface area (Å²) in [7, 11) is 0. The second kappa shape index (κ2) is 5.69. The molecule has 0 aliphatic heterocycles. The molecule has 94 valence electrons. The summed E-state index contributed by atoms with van der Waals surface area (Å²) in [6.07, 6.45) is -5.35. The van der Waals surface area contributed by atoms with Crippen LogP contribution in [-0.4, -0.2) is 30.2 Å². The van der Waals surface area contributed by atoms with Crippen LogP contribution in [0.1, 0.15) is 20.3 Å². The SMILES string of the molecule is CC(CC(F)(F)F)NC(C)C(=O)NC(N)=O. The maximum atomic E-state index is 12.0. The molecular weight excluding hydrogens is 227 g/mol. The minimum atomic E-state index is -4.30. The first-order chi connectivity index (χ1) is 7.11. The van der Waals surface area contributed by atoms with E-state index in [1.807, 2.05) is 0 Å². The number of alkyl halides is 3. The number of carbonyl (C=O) groups is 2. The van der Waals surface area contributed by atoms with Crippen molar-refractivity contribution in [2.75, 3.05) is 0 Å². The van der Waals surface area contributed by atoms with Crippen LogP contribution in [0.25, 0.3) is 0 Å². The van der Waals surface area contributed by atoms with E-state index in [-0.39, 0.29) is 0 Å². The average molecular weight is 241 g/mol. The summed E-state index contributed by atoms with van der Waals surface area (Å²) in [5.74, 6) is -0.762. The van der Waals surface area contributed by atoms with Crippen molar-refractivity contribution in [3.63, 3.8) is 0 Å². The summed E-state index contributed by atoms with van der Waals surface area (Å²) in [6.45, 7) is 2.63. The smallest absolute Gasteiger partial charge is 0.351 e. The molecule has 3 amide bonds. The number of hydrogen-bond acceptors (Lipinski definition) is 3. The lowest BCUT2D eigenvalue weighted by Crippen LogP contribution is -2.49. The Morgan fingerprint density at radius 1 is 1.31 bits per heavy atom. The van der Waals surface area contributed by atoms with Crippen molar-refractivity contribution < 1.29 is 22.8 Å². The van der Waals surface area contributed by atoms with Gasteiger partial charge in [-0.05, 0) is 13.8 Å². The number of rotatable bonds is 4. The molecule has 0 fully saturated rings. The van der Waals surface area contributed by atoms with E-state index in [0.29, 0.717) is 0 Å². The minimum Gasteiger partial charge on any atom is -0.351 e. The number of halogens is 3. The van der Waals surface area contributed by atoms with Crippen LogP contribution in [0, 0.1) is 0 Å². The molecule has 0 heterocycles. The number of hydrogen-bond donors (Lipinski definition) is 3. The van der Waals surface area contributed by atoms with Gasteiger partial charge in [-0.25, -0.2) is 4.79 Å². The first kappa shape index (κ1) is 14.7. The Bertz CT molecular complexity index is 268. The van der Waals surface area contributed by atoms with Crippen molar-refractivity contribution >= 4 is 11.9 Å². The molecule has 0 spiro atoms. The van der Waals surface area contributed by atoms with Crippen molar-refractivity contribution in [1.29, 1.82) is 0 Å². The van der Waals surface area contributed by atoms with Gasteiger partial charge in [0.05, 0.1) is 12.5 Å². The van der Waals surface area contributed by atoms with E-state index in [1.54, 1.807) is 5.32 Å². The highest BCUT2D eigenvalue weighted by Gasteiger charge is 2.31. The molecule has 16 heavy (non-hydrogen) atoms. The Hall–Kier alpha value is -1.31. The first-order valence-corrected chi connectivity index (χ1v) is 4.55. The highest BCUT2D eigenvalue weighted by Crippen LogP contribution is 2.21. The molecule has 2 atom stereocenters. The monoisotopic (exact) mass is 241 g/mol. The zero-order valence-electron chi connectivity index (χ0n) is 8.89. The van der Waals surface area contributed by atoms with Crippen molar-refractivity contribution in [3.8, 4) is 0 Å². The van der Waals surface area contributed by atoms with Gasteiger partial charge >= 0.3 is 12.2 Å². The molecule has 0 aromatic carbocycles. The van der Waals surface area contributed by atoms with Gasteiger partial charge in [-0.15, -0.1) is 0 Å². The van der Waals surface area contributed by atoms with Gasteiger partial charge in [-0.3, -0.25) is 10.1 Å². The molecule has 8 heteroatoms. The fourth-order valence-corrected chi connectivity index (χ4v) is 1.14. The topological polar surface area (TPSA) is 84.2 Å². The van der Waals surface area contributed by atoms with Crippen LogP contribution in [0.15, 0.2) is 0 Å². The maximum Gasteiger partial charge on any atom is 0.390 e. The highest BCUT2D eigenvalue weighted by molar-refractivity contribution is 5.96. The maximum absolute atomic E-state index is 12.0. The van der Waals surface area contributed by atoms with E-state index >= 15 is 0 Å². The second-order valence-electron chi connectivity index (χ2n) is 3.46. The van der Waals surface area contributed by atoms with E-state index in [1.165, 1.54) is 13.8 Å². The van der Waals surface area contributed by atoms with Crippen molar-refractivity contribution in [2.45, 2.75) is 38.5 Å². The van der Waals surface area contributed by atoms with Crippen LogP contribution in [0.3, 0.4) is 0 Å². The summed E-state index contributed by atoms with van der Waals surface area (Å²) in [6, 6.07) is -2.89. The van der Waals surface area contributed by atoms with E-state index < -0.39 is 36.6 Å². The molecule has 0 aliphatic carbocycles. The van der Waals surface area contributed by atoms with Gasteiger partial charge in [0, 0.05) is 6.04 Å². The van der Waals surface area contributed by atoms with Crippen molar-refractivity contribution in [3.05, 3.63) is 0 Å².